The van der Waals surface area contributed by atoms with Crippen molar-refractivity contribution in [2.24, 2.45) is 5.16 Å². The van der Waals surface area contributed by atoms with Gasteiger partial charge in [-0.2, -0.15) is 5.10 Å². The number of nitrogens with zero attached hydrogens (tertiary/aromatic N) is 5. The zero-order valence-electron chi connectivity index (χ0n) is 22.3. The van der Waals surface area contributed by atoms with E-state index in [1.165, 1.54) is 16.2 Å². The highest BCUT2D eigenvalue weighted by molar-refractivity contribution is 7.10. The Labute approximate surface area is 250 Å². The number of carbonyl (C=O) groups excluding carboxylic acids is 1. The zero-order valence-corrected chi connectivity index (χ0v) is 23.9. The minimum absolute atomic E-state index is 0.00600. The number of amides is 1. The fraction of sp³-hybridized carbons (Fsp3) is 0.407. The molecule has 1 atom stereocenters. The Morgan fingerprint density at radius 1 is 1.16 bits per heavy atom. The van der Waals surface area contributed by atoms with Crippen LogP contribution in [0.1, 0.15) is 71.8 Å². The number of carbonyl (C=O) groups is 1. The van der Waals surface area contributed by atoms with Crippen molar-refractivity contribution in [3.8, 4) is 5.75 Å². The van der Waals surface area contributed by atoms with Gasteiger partial charge in [-0.15, -0.1) is 11.3 Å². The number of rotatable bonds is 10. The highest BCUT2D eigenvalue weighted by Crippen LogP contribution is 2.39. The van der Waals surface area contributed by atoms with Crippen LogP contribution in [0, 0.1) is 11.6 Å². The summed E-state index contributed by atoms with van der Waals surface area (Å²) in [6.45, 7) is 3.41. The van der Waals surface area contributed by atoms with Crippen LogP contribution < -0.4 is 4.74 Å². The van der Waals surface area contributed by atoms with E-state index in [0.29, 0.717) is 48.1 Å². The van der Waals surface area contributed by atoms with Crippen LogP contribution >= 0.6 is 22.9 Å². The molecule has 0 bridgehead atoms. The number of benzene rings is 1. The van der Waals surface area contributed by atoms with Crippen LogP contribution in [0.4, 0.5) is 26.3 Å². The smallest absolute Gasteiger partial charge is 0.282 e. The lowest BCUT2D eigenvalue weighted by molar-refractivity contribution is -0.133. The van der Waals surface area contributed by atoms with Gasteiger partial charge in [-0.1, -0.05) is 23.3 Å². The van der Waals surface area contributed by atoms with E-state index >= 15 is 0 Å². The van der Waals surface area contributed by atoms with Crippen LogP contribution in [-0.4, -0.2) is 51.0 Å². The van der Waals surface area contributed by atoms with Crippen molar-refractivity contribution in [1.82, 2.24) is 19.7 Å². The predicted molar refractivity (Wildman–Crippen MR) is 145 cm³/mol. The molecule has 0 N–H and O–H groups in total. The number of likely N-dealkylation sites (tertiary alicyclic amines) is 1. The zero-order chi connectivity index (χ0) is 30.8. The van der Waals surface area contributed by atoms with E-state index in [0.717, 1.165) is 17.1 Å². The minimum atomic E-state index is -3.05. The first-order chi connectivity index (χ1) is 20.5. The summed E-state index contributed by atoms with van der Waals surface area (Å²) in [5, 5.41) is 10.3. The molecule has 0 saturated carbocycles. The monoisotopic (exact) mass is 647 g/mol. The molecule has 4 heterocycles. The molecule has 16 heteroatoms. The summed E-state index contributed by atoms with van der Waals surface area (Å²) < 4.78 is 87.1. The minimum Gasteiger partial charge on any atom is -0.487 e. The maximum absolute atomic E-state index is 14.7. The van der Waals surface area contributed by atoms with Gasteiger partial charge in [0.25, 0.3) is 12.9 Å². The van der Waals surface area contributed by atoms with Crippen LogP contribution in [0.2, 0.25) is 0 Å². The van der Waals surface area contributed by atoms with E-state index in [9.17, 15) is 31.1 Å². The van der Waals surface area contributed by atoms with Crippen molar-refractivity contribution in [2.45, 2.75) is 50.7 Å². The summed E-state index contributed by atoms with van der Waals surface area (Å²) >= 11 is 7.12. The third-order valence-electron chi connectivity index (χ3n) is 7.01. The van der Waals surface area contributed by atoms with Crippen LogP contribution in [0.15, 0.2) is 40.3 Å². The number of halogens is 7. The number of hydrogen-bond donors (Lipinski definition) is 0. The summed E-state index contributed by atoms with van der Waals surface area (Å²) in [5.74, 6) is -2.25. The van der Waals surface area contributed by atoms with Gasteiger partial charge in [-0.05, 0) is 18.9 Å². The first-order valence-electron chi connectivity index (χ1n) is 13.0. The molecule has 1 fully saturated rings. The largest absolute Gasteiger partial charge is 0.487 e. The SMILES string of the molecule is C=C(Cl)COc1cc(F)cc(F)c1C1CC(c2csc(C3CCN(C(=O)Cn4nc(C(F)F)cc4C(F)F)CC3)n2)=NO1. The quantitative estimate of drug-likeness (QED) is 0.224. The number of oxime groups is 1. The lowest BCUT2D eigenvalue weighted by Crippen LogP contribution is -2.40. The van der Waals surface area contributed by atoms with Crippen LogP contribution in [0.5, 0.6) is 5.75 Å². The second-order valence-corrected chi connectivity index (χ2v) is 11.3. The number of ether oxygens (including phenoxy) is 1. The van der Waals surface area contributed by atoms with Crippen LogP contribution in [0.25, 0.3) is 0 Å². The molecule has 1 unspecified atom stereocenters. The topological polar surface area (TPSA) is 81.8 Å². The van der Waals surface area contributed by atoms with Gasteiger partial charge in [0.05, 0.1) is 16.3 Å². The van der Waals surface area contributed by atoms with E-state index in [4.69, 9.17) is 21.2 Å². The van der Waals surface area contributed by atoms with E-state index < -0.39 is 54.4 Å². The lowest BCUT2D eigenvalue weighted by Gasteiger charge is -2.31. The molecule has 0 aliphatic carbocycles. The maximum atomic E-state index is 14.7. The molecule has 2 aliphatic rings. The normalized spacial score (nSPS) is 17.5. The molecule has 1 amide bonds. The molecular formula is C27H24ClF6N5O3S. The Balaban J connectivity index is 1.19. The third kappa shape index (κ3) is 6.98. The molecule has 5 rings (SSSR count). The Morgan fingerprint density at radius 2 is 1.91 bits per heavy atom. The second kappa shape index (κ2) is 13.0. The Kier molecular flexibility index (Phi) is 9.30. The Morgan fingerprint density at radius 3 is 2.58 bits per heavy atom. The molecule has 43 heavy (non-hydrogen) atoms. The number of aromatic nitrogens is 3. The average Bonchev–Trinajstić information content (AvgIpc) is 3.71. The standard InChI is InChI=1S/C27H24ClF6N5O3S/c1-13(28)11-41-21-7-15(29)6-16(30)24(21)22-9-17(37-42-22)19-12-43-27(35-19)14-2-4-38(5-3-14)23(40)10-39-20(26(33)34)8-18(36-39)25(31)32/h6-8,12,14,22,25-26H,1-5,9-11H2. The van der Waals surface area contributed by atoms with Crippen LogP contribution in [-0.2, 0) is 16.2 Å². The van der Waals surface area contributed by atoms with Crippen molar-refractivity contribution in [1.29, 1.82) is 0 Å². The molecule has 230 valence electrons. The van der Waals surface area contributed by atoms with Gasteiger partial charge in [0.1, 0.15) is 47.6 Å². The van der Waals surface area contributed by atoms with Crippen molar-refractivity contribution < 1.29 is 40.7 Å². The number of hydrogen-bond acceptors (Lipinski definition) is 7. The summed E-state index contributed by atoms with van der Waals surface area (Å²) in [6, 6.07) is 2.37. The number of thiazole rings is 1. The maximum Gasteiger partial charge on any atom is 0.282 e. The first kappa shape index (κ1) is 30.9. The summed E-state index contributed by atoms with van der Waals surface area (Å²) in [5.41, 5.74) is -0.546. The van der Waals surface area contributed by atoms with Gasteiger partial charge in [0.2, 0.25) is 5.91 Å². The third-order valence-corrected chi connectivity index (χ3v) is 8.12. The van der Waals surface area contributed by atoms with Gasteiger partial charge in [0, 0.05) is 48.0 Å². The van der Waals surface area contributed by atoms with E-state index in [2.05, 4.69) is 21.8 Å². The van der Waals surface area contributed by atoms with Gasteiger partial charge in [0.15, 0.2) is 6.10 Å². The molecule has 2 aromatic heterocycles. The van der Waals surface area contributed by atoms with Crippen molar-refractivity contribution >= 4 is 34.6 Å². The number of piperidine rings is 1. The Hall–Kier alpha value is -3.59. The molecular weight excluding hydrogens is 624 g/mol. The predicted octanol–water partition coefficient (Wildman–Crippen LogP) is 6.90. The highest BCUT2D eigenvalue weighted by Gasteiger charge is 2.33. The average molecular weight is 648 g/mol. The van der Waals surface area contributed by atoms with Gasteiger partial charge < -0.3 is 14.5 Å². The van der Waals surface area contributed by atoms with Gasteiger partial charge >= 0.3 is 0 Å². The van der Waals surface area contributed by atoms with E-state index in [1.54, 1.807) is 5.38 Å². The molecule has 1 aromatic carbocycles. The molecule has 2 aliphatic heterocycles. The van der Waals surface area contributed by atoms with Gasteiger partial charge in [-0.25, -0.2) is 31.3 Å². The molecule has 0 radical (unpaired) electrons. The van der Waals surface area contributed by atoms with Crippen molar-refractivity contribution in [2.75, 3.05) is 19.7 Å². The van der Waals surface area contributed by atoms with Crippen molar-refractivity contribution in [3.05, 3.63) is 74.5 Å². The molecule has 0 spiro atoms. The highest BCUT2D eigenvalue weighted by atomic mass is 35.5. The van der Waals surface area contributed by atoms with E-state index in [1.807, 2.05) is 0 Å². The fourth-order valence-electron chi connectivity index (χ4n) is 4.91. The summed E-state index contributed by atoms with van der Waals surface area (Å²) in [6.07, 6.45) is -5.73. The molecule has 8 nitrogen and oxygen atoms in total. The molecule has 3 aromatic rings. The second-order valence-electron chi connectivity index (χ2n) is 9.92. The number of alkyl halides is 4. The first-order valence-corrected chi connectivity index (χ1v) is 14.3. The van der Waals surface area contributed by atoms with Gasteiger partial charge in [-0.3, -0.25) is 9.48 Å². The lowest BCUT2D eigenvalue weighted by atomic mass is 9.97. The van der Waals surface area contributed by atoms with Crippen molar-refractivity contribution in [3.63, 3.8) is 0 Å². The Bertz CT molecular complexity index is 1540. The van der Waals surface area contributed by atoms with Crippen LogP contribution in [0.3, 0.4) is 0 Å². The molecule has 1 saturated heterocycles. The van der Waals surface area contributed by atoms with E-state index in [-0.39, 0.29) is 35.3 Å². The fourth-order valence-corrected chi connectivity index (χ4v) is 5.96. The summed E-state index contributed by atoms with van der Waals surface area (Å²) in [7, 11) is 0. The summed E-state index contributed by atoms with van der Waals surface area (Å²) in [4.78, 5) is 24.4.